The second kappa shape index (κ2) is 4.52. The molecule has 0 aromatic carbocycles. The molecule has 0 radical (unpaired) electrons. The van der Waals surface area contributed by atoms with Crippen LogP contribution in [0.5, 0.6) is 0 Å². The lowest BCUT2D eigenvalue weighted by atomic mass is 10.3. The fourth-order valence-corrected chi connectivity index (χ4v) is 1.21. The molecule has 0 saturated carbocycles. The van der Waals surface area contributed by atoms with Crippen molar-refractivity contribution < 1.29 is 9.53 Å². The number of nitrogens with one attached hydrogen (secondary N) is 1. The van der Waals surface area contributed by atoms with E-state index in [1.54, 1.807) is 25.3 Å². The van der Waals surface area contributed by atoms with Gasteiger partial charge in [-0.3, -0.25) is 5.10 Å². The number of ether oxygens (including phenoxy) is 1. The Morgan fingerprint density at radius 2 is 2.38 bits per heavy atom. The number of aromatic amines is 1. The quantitative estimate of drug-likeness (QED) is 0.778. The van der Waals surface area contributed by atoms with Crippen LogP contribution in [0.25, 0.3) is 11.4 Å². The molecule has 0 saturated heterocycles. The van der Waals surface area contributed by atoms with Gasteiger partial charge < -0.3 is 4.74 Å². The monoisotopic (exact) mass is 218 g/mol. The number of rotatable bonds is 3. The number of hydrogen-bond acceptors (Lipinski definition) is 5. The van der Waals surface area contributed by atoms with E-state index in [4.69, 9.17) is 4.74 Å². The van der Waals surface area contributed by atoms with Gasteiger partial charge in [0.15, 0.2) is 0 Å². The summed E-state index contributed by atoms with van der Waals surface area (Å²) in [6, 6.07) is 3.31. The molecule has 0 fully saturated rings. The molecule has 6 nitrogen and oxygen atoms in total. The SMILES string of the molecule is CCOC(=O)c1cc(-c2ccncn2)n[nH]1. The van der Waals surface area contributed by atoms with E-state index in [1.807, 2.05) is 0 Å². The van der Waals surface area contributed by atoms with E-state index >= 15 is 0 Å². The number of H-pyrrole nitrogens is 1. The average Bonchev–Trinajstić information content (AvgIpc) is 2.80. The molecule has 0 aliphatic carbocycles. The number of aromatic nitrogens is 4. The summed E-state index contributed by atoms with van der Waals surface area (Å²) in [5, 5.41) is 6.58. The van der Waals surface area contributed by atoms with Gasteiger partial charge in [-0.15, -0.1) is 0 Å². The Morgan fingerprint density at radius 3 is 3.06 bits per heavy atom. The zero-order valence-electron chi connectivity index (χ0n) is 8.67. The molecule has 2 aromatic heterocycles. The van der Waals surface area contributed by atoms with Crippen LogP contribution in [0.4, 0.5) is 0 Å². The van der Waals surface area contributed by atoms with Crippen molar-refractivity contribution in [3.63, 3.8) is 0 Å². The van der Waals surface area contributed by atoms with Crippen molar-refractivity contribution in [2.75, 3.05) is 6.61 Å². The zero-order chi connectivity index (χ0) is 11.4. The summed E-state index contributed by atoms with van der Waals surface area (Å²) in [7, 11) is 0. The molecule has 6 heteroatoms. The van der Waals surface area contributed by atoms with Crippen LogP contribution in [0.1, 0.15) is 17.4 Å². The summed E-state index contributed by atoms with van der Waals surface area (Å²) in [6.07, 6.45) is 3.04. The highest BCUT2D eigenvalue weighted by Gasteiger charge is 2.11. The lowest BCUT2D eigenvalue weighted by molar-refractivity contribution is 0.0519. The van der Waals surface area contributed by atoms with Gasteiger partial charge in [-0.1, -0.05) is 0 Å². The minimum atomic E-state index is -0.421. The Kier molecular flexibility index (Phi) is 2.90. The minimum absolute atomic E-state index is 0.315. The van der Waals surface area contributed by atoms with Crippen molar-refractivity contribution in [1.29, 1.82) is 0 Å². The van der Waals surface area contributed by atoms with Crippen molar-refractivity contribution in [2.45, 2.75) is 6.92 Å². The molecule has 0 bridgehead atoms. The van der Waals surface area contributed by atoms with Gasteiger partial charge in [-0.05, 0) is 13.0 Å². The van der Waals surface area contributed by atoms with Crippen LogP contribution in [0.2, 0.25) is 0 Å². The molecular weight excluding hydrogens is 208 g/mol. The lowest BCUT2D eigenvalue weighted by Crippen LogP contribution is -2.04. The largest absolute Gasteiger partial charge is 0.461 e. The van der Waals surface area contributed by atoms with Crippen LogP contribution in [-0.2, 0) is 4.74 Å². The van der Waals surface area contributed by atoms with Gasteiger partial charge in [0.1, 0.15) is 17.7 Å². The van der Waals surface area contributed by atoms with Crippen molar-refractivity contribution in [1.82, 2.24) is 20.2 Å². The van der Waals surface area contributed by atoms with Crippen LogP contribution in [0.3, 0.4) is 0 Å². The molecular formula is C10H10N4O2. The molecule has 0 amide bonds. The van der Waals surface area contributed by atoms with Gasteiger partial charge in [0.25, 0.3) is 0 Å². The molecule has 0 atom stereocenters. The summed E-state index contributed by atoms with van der Waals surface area (Å²) in [6.45, 7) is 2.08. The fourth-order valence-electron chi connectivity index (χ4n) is 1.21. The van der Waals surface area contributed by atoms with Crippen molar-refractivity contribution in [3.05, 3.63) is 30.4 Å². The predicted octanol–water partition coefficient (Wildman–Crippen LogP) is 1.04. The summed E-state index contributed by atoms with van der Waals surface area (Å²) < 4.78 is 4.83. The fraction of sp³-hybridized carbons (Fsp3) is 0.200. The Balaban J connectivity index is 2.23. The maximum absolute atomic E-state index is 11.4. The number of carbonyl (C=O) groups is 1. The molecule has 2 rings (SSSR count). The molecule has 2 heterocycles. The standard InChI is InChI=1S/C10H10N4O2/c1-2-16-10(15)9-5-8(13-14-9)7-3-4-11-6-12-7/h3-6H,2H2,1H3,(H,13,14). The third kappa shape index (κ3) is 2.05. The molecule has 0 spiro atoms. The Morgan fingerprint density at radius 1 is 1.50 bits per heavy atom. The zero-order valence-corrected chi connectivity index (χ0v) is 8.67. The van der Waals surface area contributed by atoms with Crippen molar-refractivity contribution in [3.8, 4) is 11.4 Å². The van der Waals surface area contributed by atoms with Crippen molar-refractivity contribution >= 4 is 5.97 Å². The predicted molar refractivity (Wildman–Crippen MR) is 55.6 cm³/mol. The van der Waals surface area contributed by atoms with Crippen molar-refractivity contribution in [2.24, 2.45) is 0 Å². The van der Waals surface area contributed by atoms with E-state index in [1.165, 1.54) is 6.33 Å². The van der Waals surface area contributed by atoms with Gasteiger partial charge in [-0.25, -0.2) is 14.8 Å². The minimum Gasteiger partial charge on any atom is -0.461 e. The van der Waals surface area contributed by atoms with Crippen LogP contribution in [0.15, 0.2) is 24.7 Å². The molecule has 2 aromatic rings. The number of hydrogen-bond donors (Lipinski definition) is 1. The molecule has 82 valence electrons. The number of nitrogens with zero attached hydrogens (tertiary/aromatic N) is 3. The third-order valence-corrected chi connectivity index (χ3v) is 1.92. The number of carbonyl (C=O) groups excluding carboxylic acids is 1. The van der Waals surface area contributed by atoms with Gasteiger partial charge >= 0.3 is 5.97 Å². The Hall–Kier alpha value is -2.24. The van der Waals surface area contributed by atoms with Crippen LogP contribution in [0, 0.1) is 0 Å². The van der Waals surface area contributed by atoms with Gasteiger partial charge in [-0.2, -0.15) is 5.10 Å². The molecule has 0 unspecified atom stereocenters. The second-order valence-corrected chi connectivity index (χ2v) is 2.98. The summed E-state index contributed by atoms with van der Waals surface area (Å²) in [4.78, 5) is 19.2. The molecule has 0 aliphatic rings. The van der Waals surface area contributed by atoms with Crippen LogP contribution < -0.4 is 0 Å². The molecule has 1 N–H and O–H groups in total. The third-order valence-electron chi connectivity index (χ3n) is 1.92. The van der Waals surface area contributed by atoms with E-state index in [0.717, 1.165) is 0 Å². The van der Waals surface area contributed by atoms with Gasteiger partial charge in [0.05, 0.1) is 12.3 Å². The summed E-state index contributed by atoms with van der Waals surface area (Å²) in [5.41, 5.74) is 1.56. The maximum atomic E-state index is 11.4. The topological polar surface area (TPSA) is 80.8 Å². The van der Waals surface area contributed by atoms with Crippen LogP contribution in [-0.4, -0.2) is 32.7 Å². The van der Waals surface area contributed by atoms with E-state index in [0.29, 0.717) is 23.7 Å². The van der Waals surface area contributed by atoms with Gasteiger partial charge in [0, 0.05) is 12.3 Å². The Labute approximate surface area is 91.7 Å². The number of esters is 1. The van der Waals surface area contributed by atoms with Gasteiger partial charge in [0.2, 0.25) is 0 Å². The van der Waals surface area contributed by atoms with E-state index in [-0.39, 0.29) is 0 Å². The average molecular weight is 218 g/mol. The first-order valence-electron chi connectivity index (χ1n) is 4.80. The summed E-state index contributed by atoms with van der Waals surface area (Å²) >= 11 is 0. The van der Waals surface area contributed by atoms with E-state index in [2.05, 4.69) is 20.2 Å². The Bertz CT molecular complexity index is 481. The second-order valence-electron chi connectivity index (χ2n) is 2.98. The molecule has 0 aliphatic heterocycles. The normalized spacial score (nSPS) is 10.1. The van der Waals surface area contributed by atoms with Crippen LogP contribution >= 0.6 is 0 Å². The smallest absolute Gasteiger partial charge is 0.356 e. The highest BCUT2D eigenvalue weighted by atomic mass is 16.5. The van der Waals surface area contributed by atoms with E-state index in [9.17, 15) is 4.79 Å². The lowest BCUT2D eigenvalue weighted by Gasteiger charge is -1.96. The highest BCUT2D eigenvalue weighted by Crippen LogP contribution is 2.13. The first kappa shape index (κ1) is 10.3. The summed E-state index contributed by atoms with van der Waals surface area (Å²) in [5.74, 6) is -0.421. The maximum Gasteiger partial charge on any atom is 0.356 e. The first-order chi connectivity index (χ1) is 7.81. The highest BCUT2D eigenvalue weighted by molar-refractivity contribution is 5.88. The van der Waals surface area contributed by atoms with E-state index < -0.39 is 5.97 Å². The molecule has 16 heavy (non-hydrogen) atoms. The first-order valence-corrected chi connectivity index (χ1v) is 4.80.